The Hall–Kier alpha value is -3.91. The summed E-state index contributed by atoms with van der Waals surface area (Å²) in [5.74, 6) is 0.570. The number of carbonyl (C=O) groups excluding carboxylic acids is 1. The first-order chi connectivity index (χ1) is 15.4. The molecule has 5 rings (SSSR count). The Labute approximate surface area is 188 Å². The van der Waals surface area contributed by atoms with Gasteiger partial charge in [0.2, 0.25) is 0 Å². The fourth-order valence-corrected chi connectivity index (χ4v) is 4.21. The van der Waals surface area contributed by atoms with Crippen LogP contribution in [0.5, 0.6) is 0 Å². The van der Waals surface area contributed by atoms with E-state index in [2.05, 4.69) is 0 Å². The summed E-state index contributed by atoms with van der Waals surface area (Å²) in [4.78, 5) is 25.4. The number of aromatic nitrogens is 3. The molecule has 2 aromatic heterocycles. The molecule has 0 aliphatic carbocycles. The van der Waals surface area contributed by atoms with Crippen LogP contribution < -0.4 is 0 Å². The van der Waals surface area contributed by atoms with Crippen molar-refractivity contribution in [3.8, 4) is 11.5 Å². The topological polar surface area (TPSA) is 86.2 Å². The molecule has 3 heterocycles. The number of rotatable bonds is 4. The minimum Gasteiger partial charge on any atom is -0.328 e. The molecule has 1 aliphatic rings. The third-order valence-electron chi connectivity index (χ3n) is 5.60. The monoisotopic (exact) mass is 447 g/mol. The van der Waals surface area contributed by atoms with Gasteiger partial charge in [0.25, 0.3) is 11.6 Å². The largest absolute Gasteiger partial charge is 0.328 e. The van der Waals surface area contributed by atoms with E-state index in [9.17, 15) is 14.9 Å². The fraction of sp³-hybridized carbons (Fsp3) is 0.130. The average Bonchev–Trinajstić information content (AvgIpc) is 3.50. The van der Waals surface area contributed by atoms with E-state index in [1.807, 2.05) is 65.0 Å². The zero-order valence-corrected chi connectivity index (χ0v) is 17.9. The first-order valence-corrected chi connectivity index (χ1v) is 10.3. The van der Waals surface area contributed by atoms with E-state index in [1.54, 1.807) is 4.90 Å². The Morgan fingerprint density at radius 3 is 2.56 bits per heavy atom. The molecule has 2 aromatic carbocycles. The molecule has 0 saturated carbocycles. The molecule has 4 aromatic rings. The van der Waals surface area contributed by atoms with Gasteiger partial charge in [-0.2, -0.15) is 5.10 Å². The Bertz CT molecular complexity index is 1360. The first-order valence-electron chi connectivity index (χ1n) is 9.97. The van der Waals surface area contributed by atoms with Crippen LogP contribution in [-0.2, 0) is 13.1 Å². The van der Waals surface area contributed by atoms with Crippen molar-refractivity contribution in [2.75, 3.05) is 0 Å². The number of carbonyl (C=O) groups is 1. The van der Waals surface area contributed by atoms with Crippen molar-refractivity contribution in [2.24, 2.45) is 0 Å². The number of nitro groups is 1. The minimum atomic E-state index is -0.589. The van der Waals surface area contributed by atoms with Gasteiger partial charge in [-0.1, -0.05) is 29.8 Å². The van der Waals surface area contributed by atoms with Crippen LogP contribution in [0.2, 0.25) is 5.02 Å². The molecule has 0 bridgehead atoms. The molecular formula is C23H18ClN5O3. The van der Waals surface area contributed by atoms with Crippen LogP contribution in [0.25, 0.3) is 11.5 Å². The van der Waals surface area contributed by atoms with Crippen molar-refractivity contribution >= 4 is 23.2 Å². The fourth-order valence-electron chi connectivity index (χ4n) is 4.02. The van der Waals surface area contributed by atoms with Gasteiger partial charge in [0.1, 0.15) is 10.8 Å². The van der Waals surface area contributed by atoms with Crippen molar-refractivity contribution < 1.29 is 9.72 Å². The highest BCUT2D eigenvalue weighted by molar-refractivity contribution is 6.32. The normalized spacial score (nSPS) is 12.8. The van der Waals surface area contributed by atoms with E-state index < -0.39 is 4.92 Å². The van der Waals surface area contributed by atoms with Crippen LogP contribution in [0.3, 0.4) is 0 Å². The number of nitrogens with zero attached hydrogens (tertiary/aromatic N) is 5. The summed E-state index contributed by atoms with van der Waals surface area (Å²) in [5.41, 5.74) is 3.74. The third kappa shape index (κ3) is 3.25. The zero-order chi connectivity index (χ0) is 22.4. The lowest BCUT2D eigenvalue weighted by Gasteiger charge is -2.18. The highest BCUT2D eigenvalue weighted by atomic mass is 35.5. The number of fused-ring (bicyclic) bond motifs is 1. The zero-order valence-electron chi connectivity index (χ0n) is 17.1. The lowest BCUT2D eigenvalue weighted by molar-refractivity contribution is -0.384. The SMILES string of the molecule is Cc1ccccc1-n1nc2c(c1-n1cccc1)CN(C(=O)c1ccc(Cl)c([N+](=O)[O-])c1)C2. The number of para-hydroxylation sites is 1. The van der Waals surface area contributed by atoms with Gasteiger partial charge in [0.15, 0.2) is 0 Å². The number of aryl methyl sites for hydroxylation is 1. The number of hydrogen-bond acceptors (Lipinski definition) is 4. The maximum absolute atomic E-state index is 13.1. The quantitative estimate of drug-likeness (QED) is 0.335. The second-order valence-electron chi connectivity index (χ2n) is 7.62. The van der Waals surface area contributed by atoms with E-state index in [0.717, 1.165) is 28.3 Å². The van der Waals surface area contributed by atoms with E-state index in [-0.39, 0.29) is 22.2 Å². The van der Waals surface area contributed by atoms with E-state index >= 15 is 0 Å². The van der Waals surface area contributed by atoms with Crippen LogP contribution in [0.15, 0.2) is 67.0 Å². The highest BCUT2D eigenvalue weighted by Crippen LogP contribution is 2.33. The second kappa shape index (κ2) is 7.65. The smallest absolute Gasteiger partial charge is 0.288 e. The minimum absolute atomic E-state index is 0.000640. The first kappa shape index (κ1) is 20.0. The summed E-state index contributed by atoms with van der Waals surface area (Å²) >= 11 is 5.90. The molecule has 0 saturated heterocycles. The van der Waals surface area contributed by atoms with Crippen molar-refractivity contribution in [3.05, 3.63) is 105 Å². The third-order valence-corrected chi connectivity index (χ3v) is 5.92. The Balaban J connectivity index is 1.53. The summed E-state index contributed by atoms with van der Waals surface area (Å²) in [7, 11) is 0. The highest BCUT2D eigenvalue weighted by Gasteiger charge is 2.32. The molecule has 0 radical (unpaired) electrons. The molecule has 0 unspecified atom stereocenters. The van der Waals surface area contributed by atoms with Gasteiger partial charge in [-0.15, -0.1) is 0 Å². The molecule has 1 amide bonds. The van der Waals surface area contributed by atoms with Crippen molar-refractivity contribution in [1.29, 1.82) is 0 Å². The van der Waals surface area contributed by atoms with Crippen LogP contribution in [-0.4, -0.2) is 30.1 Å². The number of nitro benzene ring substituents is 1. The lowest BCUT2D eigenvalue weighted by Crippen LogP contribution is -2.26. The van der Waals surface area contributed by atoms with Gasteiger partial charge in [-0.05, 0) is 42.8 Å². The van der Waals surface area contributed by atoms with E-state index in [0.29, 0.717) is 13.1 Å². The maximum atomic E-state index is 13.1. The van der Waals surface area contributed by atoms with E-state index in [4.69, 9.17) is 16.7 Å². The molecule has 0 fully saturated rings. The van der Waals surface area contributed by atoms with Crippen molar-refractivity contribution in [1.82, 2.24) is 19.2 Å². The van der Waals surface area contributed by atoms with Gasteiger partial charge in [0, 0.05) is 29.6 Å². The molecule has 8 nitrogen and oxygen atoms in total. The Morgan fingerprint density at radius 2 is 1.84 bits per heavy atom. The molecule has 160 valence electrons. The van der Waals surface area contributed by atoms with Crippen molar-refractivity contribution in [2.45, 2.75) is 20.0 Å². The molecular weight excluding hydrogens is 430 g/mol. The molecule has 0 atom stereocenters. The molecule has 0 N–H and O–H groups in total. The van der Waals surface area contributed by atoms with Gasteiger partial charge in [-0.3, -0.25) is 14.9 Å². The van der Waals surface area contributed by atoms with Gasteiger partial charge in [0.05, 0.1) is 29.4 Å². The molecule has 1 aliphatic heterocycles. The van der Waals surface area contributed by atoms with Crippen LogP contribution >= 0.6 is 11.6 Å². The predicted octanol–water partition coefficient (Wildman–Crippen LogP) is 4.69. The van der Waals surface area contributed by atoms with Crippen molar-refractivity contribution in [3.63, 3.8) is 0 Å². The average molecular weight is 448 g/mol. The predicted molar refractivity (Wildman–Crippen MR) is 119 cm³/mol. The van der Waals surface area contributed by atoms with Gasteiger partial charge >= 0.3 is 0 Å². The summed E-state index contributed by atoms with van der Waals surface area (Å²) in [5, 5.41) is 16.0. The summed E-state index contributed by atoms with van der Waals surface area (Å²) < 4.78 is 3.90. The van der Waals surface area contributed by atoms with Crippen LogP contribution in [0.1, 0.15) is 27.2 Å². The number of amides is 1. The van der Waals surface area contributed by atoms with Gasteiger partial charge in [-0.25, -0.2) is 4.68 Å². The molecule has 9 heteroatoms. The Kier molecular flexibility index (Phi) is 4.79. The summed E-state index contributed by atoms with van der Waals surface area (Å²) in [6, 6.07) is 16.0. The molecule has 0 spiro atoms. The Morgan fingerprint density at radius 1 is 1.09 bits per heavy atom. The van der Waals surface area contributed by atoms with Crippen LogP contribution in [0, 0.1) is 17.0 Å². The number of hydrogen-bond donors (Lipinski definition) is 0. The lowest BCUT2D eigenvalue weighted by atomic mass is 10.1. The summed E-state index contributed by atoms with van der Waals surface area (Å²) in [6.45, 7) is 2.70. The summed E-state index contributed by atoms with van der Waals surface area (Å²) in [6.07, 6.45) is 3.89. The maximum Gasteiger partial charge on any atom is 0.288 e. The number of halogens is 1. The van der Waals surface area contributed by atoms with Crippen LogP contribution in [0.4, 0.5) is 5.69 Å². The second-order valence-corrected chi connectivity index (χ2v) is 8.03. The standard InChI is InChI=1S/C23H18ClN5O3/c1-15-6-2-3-7-20(15)28-22(26-10-4-5-11-26)17-13-27(14-19(17)25-28)23(30)16-8-9-18(24)21(12-16)29(31)32/h2-12H,13-14H2,1H3. The number of benzene rings is 2. The van der Waals surface area contributed by atoms with E-state index in [1.165, 1.54) is 18.2 Å². The molecule has 32 heavy (non-hydrogen) atoms. The van der Waals surface area contributed by atoms with Gasteiger partial charge < -0.3 is 9.47 Å².